The summed E-state index contributed by atoms with van der Waals surface area (Å²) in [5.74, 6) is 6.05. The Hall–Kier alpha value is -1.52. The molecule has 1 nitrogen and oxygen atoms in total. The monoisotopic (exact) mass is 200 g/mol. The van der Waals surface area contributed by atoms with Crippen LogP contribution in [-0.4, -0.2) is 13.2 Å². The fourth-order valence-electron chi connectivity index (χ4n) is 1.38. The summed E-state index contributed by atoms with van der Waals surface area (Å²) in [5.41, 5.74) is 3.53. The van der Waals surface area contributed by atoms with Crippen LogP contribution in [0.15, 0.2) is 30.9 Å². The maximum atomic E-state index is 5.17. The molecule has 0 spiro atoms. The third kappa shape index (κ3) is 4.49. The third-order valence-corrected chi connectivity index (χ3v) is 1.86. The molecule has 0 atom stereocenters. The van der Waals surface area contributed by atoms with Crippen molar-refractivity contribution in [1.82, 2.24) is 0 Å². The normalized spacial score (nSPS) is 9.20. The van der Waals surface area contributed by atoms with E-state index in [1.807, 2.05) is 0 Å². The van der Waals surface area contributed by atoms with Crippen molar-refractivity contribution in [2.24, 2.45) is 0 Å². The Morgan fingerprint density at radius 1 is 1.27 bits per heavy atom. The van der Waals surface area contributed by atoms with E-state index in [0.29, 0.717) is 13.2 Å². The number of ether oxygens (including phenoxy) is 1. The highest BCUT2D eigenvalue weighted by atomic mass is 16.5. The Bertz CT molecular complexity index is 373. The predicted molar refractivity (Wildman–Crippen MR) is 63.8 cm³/mol. The number of aryl methyl sites for hydroxylation is 2. The van der Waals surface area contributed by atoms with Crippen molar-refractivity contribution in [3.63, 3.8) is 0 Å². The van der Waals surface area contributed by atoms with E-state index < -0.39 is 0 Å². The number of hydrogen-bond donors (Lipinski definition) is 0. The van der Waals surface area contributed by atoms with E-state index in [2.05, 4.69) is 50.5 Å². The smallest absolute Gasteiger partial charge is 0.108 e. The standard InChI is InChI=1S/C14H16O/c1-4-7-15-8-5-6-14-10-12(2)9-13(3)11-14/h4,9-11H,1,7-8H2,2-3H3. The van der Waals surface area contributed by atoms with Crippen LogP contribution in [0.25, 0.3) is 0 Å². The fraction of sp³-hybridized carbons (Fsp3) is 0.286. The first-order valence-corrected chi connectivity index (χ1v) is 4.98. The van der Waals surface area contributed by atoms with Crippen molar-refractivity contribution in [2.75, 3.05) is 13.2 Å². The first-order chi connectivity index (χ1) is 7.22. The SMILES string of the molecule is C=CCOCC#Cc1cc(C)cc(C)c1. The molecule has 0 bridgehead atoms. The molecule has 0 fully saturated rings. The van der Waals surface area contributed by atoms with Crippen molar-refractivity contribution in [3.8, 4) is 11.8 Å². The van der Waals surface area contributed by atoms with E-state index in [4.69, 9.17) is 4.74 Å². The van der Waals surface area contributed by atoms with E-state index in [1.54, 1.807) is 6.08 Å². The van der Waals surface area contributed by atoms with Crippen LogP contribution in [0.4, 0.5) is 0 Å². The molecule has 1 rings (SSSR count). The van der Waals surface area contributed by atoms with Gasteiger partial charge in [-0.25, -0.2) is 0 Å². The lowest BCUT2D eigenvalue weighted by atomic mass is 10.1. The molecular formula is C14H16O. The minimum absolute atomic E-state index is 0.457. The summed E-state index contributed by atoms with van der Waals surface area (Å²) >= 11 is 0. The van der Waals surface area contributed by atoms with Gasteiger partial charge in [0.05, 0.1) is 6.61 Å². The molecule has 0 amide bonds. The van der Waals surface area contributed by atoms with E-state index in [0.717, 1.165) is 5.56 Å². The highest BCUT2D eigenvalue weighted by Crippen LogP contribution is 2.07. The average molecular weight is 200 g/mol. The van der Waals surface area contributed by atoms with Crippen LogP contribution < -0.4 is 0 Å². The van der Waals surface area contributed by atoms with Crippen LogP contribution in [0, 0.1) is 25.7 Å². The molecule has 0 aliphatic heterocycles. The zero-order chi connectivity index (χ0) is 11.1. The second-order valence-corrected chi connectivity index (χ2v) is 3.48. The fourth-order valence-corrected chi connectivity index (χ4v) is 1.38. The Balaban J connectivity index is 2.59. The van der Waals surface area contributed by atoms with Gasteiger partial charge in [-0.3, -0.25) is 0 Å². The summed E-state index contributed by atoms with van der Waals surface area (Å²) in [4.78, 5) is 0. The van der Waals surface area contributed by atoms with Crippen LogP contribution >= 0.6 is 0 Å². The average Bonchev–Trinajstić information content (AvgIpc) is 2.16. The van der Waals surface area contributed by atoms with Gasteiger partial charge in [0.15, 0.2) is 0 Å². The number of hydrogen-bond acceptors (Lipinski definition) is 1. The van der Waals surface area contributed by atoms with Crippen LogP contribution in [-0.2, 0) is 4.74 Å². The van der Waals surface area contributed by atoms with E-state index in [9.17, 15) is 0 Å². The molecule has 1 aromatic carbocycles. The molecule has 0 aliphatic rings. The summed E-state index contributed by atoms with van der Waals surface area (Å²) in [7, 11) is 0. The summed E-state index contributed by atoms with van der Waals surface area (Å²) in [6.45, 7) is 8.73. The largest absolute Gasteiger partial charge is 0.365 e. The molecule has 0 aromatic heterocycles. The molecule has 0 heterocycles. The highest BCUT2D eigenvalue weighted by Gasteiger charge is 1.91. The van der Waals surface area contributed by atoms with Gasteiger partial charge in [-0.05, 0) is 37.1 Å². The van der Waals surface area contributed by atoms with Crippen molar-refractivity contribution < 1.29 is 4.74 Å². The molecule has 0 unspecified atom stereocenters. The maximum absolute atomic E-state index is 5.17. The second-order valence-electron chi connectivity index (χ2n) is 3.48. The molecule has 1 heteroatoms. The predicted octanol–water partition coefficient (Wildman–Crippen LogP) is 2.86. The second kappa shape index (κ2) is 6.06. The summed E-state index contributed by atoms with van der Waals surface area (Å²) < 4.78 is 5.17. The van der Waals surface area contributed by atoms with Gasteiger partial charge in [-0.15, -0.1) is 6.58 Å². The highest BCUT2D eigenvalue weighted by molar-refractivity contribution is 5.39. The number of benzene rings is 1. The Morgan fingerprint density at radius 3 is 2.53 bits per heavy atom. The summed E-state index contributed by atoms with van der Waals surface area (Å²) in [6.07, 6.45) is 1.72. The van der Waals surface area contributed by atoms with Crippen LogP contribution in [0.2, 0.25) is 0 Å². The van der Waals surface area contributed by atoms with Crippen molar-refractivity contribution in [3.05, 3.63) is 47.5 Å². The Morgan fingerprint density at radius 2 is 1.93 bits per heavy atom. The van der Waals surface area contributed by atoms with E-state index >= 15 is 0 Å². The molecule has 0 saturated heterocycles. The Kier molecular flexibility index (Phi) is 4.66. The van der Waals surface area contributed by atoms with Gasteiger partial charge in [-0.2, -0.15) is 0 Å². The maximum Gasteiger partial charge on any atom is 0.108 e. The van der Waals surface area contributed by atoms with E-state index in [1.165, 1.54) is 11.1 Å². The zero-order valence-electron chi connectivity index (χ0n) is 9.34. The van der Waals surface area contributed by atoms with Crippen LogP contribution in [0.5, 0.6) is 0 Å². The van der Waals surface area contributed by atoms with Gasteiger partial charge in [0, 0.05) is 5.56 Å². The zero-order valence-corrected chi connectivity index (χ0v) is 9.34. The van der Waals surface area contributed by atoms with Gasteiger partial charge in [0.2, 0.25) is 0 Å². The van der Waals surface area contributed by atoms with Gasteiger partial charge in [-0.1, -0.05) is 24.0 Å². The van der Waals surface area contributed by atoms with Crippen LogP contribution in [0.3, 0.4) is 0 Å². The molecule has 0 saturated carbocycles. The van der Waals surface area contributed by atoms with Gasteiger partial charge in [0.25, 0.3) is 0 Å². The van der Waals surface area contributed by atoms with Crippen LogP contribution in [0.1, 0.15) is 16.7 Å². The molecule has 0 aliphatic carbocycles. The quantitative estimate of drug-likeness (QED) is 0.414. The topological polar surface area (TPSA) is 9.23 Å². The van der Waals surface area contributed by atoms with Crippen molar-refractivity contribution >= 4 is 0 Å². The molecule has 1 aromatic rings. The van der Waals surface area contributed by atoms with Gasteiger partial charge in [0.1, 0.15) is 6.61 Å². The lowest BCUT2D eigenvalue weighted by molar-refractivity contribution is 0.199. The first kappa shape index (κ1) is 11.6. The number of rotatable bonds is 3. The molecular weight excluding hydrogens is 184 g/mol. The van der Waals surface area contributed by atoms with Crippen molar-refractivity contribution in [1.29, 1.82) is 0 Å². The minimum atomic E-state index is 0.457. The summed E-state index contributed by atoms with van der Waals surface area (Å²) in [5, 5.41) is 0. The Labute approximate surface area is 91.8 Å². The van der Waals surface area contributed by atoms with Crippen molar-refractivity contribution in [2.45, 2.75) is 13.8 Å². The molecule has 0 N–H and O–H groups in total. The lowest BCUT2D eigenvalue weighted by Gasteiger charge is -1.97. The van der Waals surface area contributed by atoms with Gasteiger partial charge >= 0.3 is 0 Å². The lowest BCUT2D eigenvalue weighted by Crippen LogP contribution is -1.90. The van der Waals surface area contributed by atoms with Gasteiger partial charge < -0.3 is 4.74 Å². The van der Waals surface area contributed by atoms with E-state index in [-0.39, 0.29) is 0 Å². The first-order valence-electron chi connectivity index (χ1n) is 4.98. The molecule has 0 radical (unpaired) electrons. The molecule has 15 heavy (non-hydrogen) atoms. The summed E-state index contributed by atoms with van der Waals surface area (Å²) in [6, 6.07) is 6.29. The molecule has 78 valence electrons. The third-order valence-electron chi connectivity index (χ3n) is 1.86. The minimum Gasteiger partial charge on any atom is -0.365 e.